The summed E-state index contributed by atoms with van der Waals surface area (Å²) in [5.41, 5.74) is 0. The van der Waals surface area contributed by atoms with E-state index < -0.39 is 0 Å². The Balaban J connectivity index is 3.65. The molecule has 0 radical (unpaired) electrons. The third-order valence-corrected chi connectivity index (χ3v) is 3.37. The minimum absolute atomic E-state index is 0.151. The van der Waals surface area contributed by atoms with Crippen LogP contribution in [0.3, 0.4) is 0 Å². The number of rotatable bonds is 7. The van der Waals surface area contributed by atoms with E-state index in [1.807, 2.05) is 0 Å². The van der Waals surface area contributed by atoms with Crippen molar-refractivity contribution in [3.63, 3.8) is 0 Å². The quantitative estimate of drug-likeness (QED) is 0.552. The van der Waals surface area contributed by atoms with Crippen molar-refractivity contribution >= 4 is 23.2 Å². The lowest BCUT2D eigenvalue weighted by atomic mass is 9.88. The van der Waals surface area contributed by atoms with E-state index in [2.05, 4.69) is 27.7 Å². The number of halogens is 2. The zero-order chi connectivity index (χ0) is 11.1. The maximum atomic E-state index is 6.02. The summed E-state index contributed by atoms with van der Waals surface area (Å²) in [6, 6.07) is 0. The van der Waals surface area contributed by atoms with Gasteiger partial charge in [0.2, 0.25) is 0 Å². The summed E-state index contributed by atoms with van der Waals surface area (Å²) in [4.78, 5) is 0. The van der Waals surface area contributed by atoms with Crippen molar-refractivity contribution in [2.24, 2.45) is 17.8 Å². The molecule has 2 heteroatoms. The fourth-order valence-corrected chi connectivity index (χ4v) is 2.61. The van der Waals surface area contributed by atoms with Crippen LogP contribution >= 0.6 is 23.2 Å². The minimum atomic E-state index is 0.151. The highest BCUT2D eigenvalue weighted by Crippen LogP contribution is 2.23. The van der Waals surface area contributed by atoms with Gasteiger partial charge in [0, 0.05) is 11.3 Å². The Hall–Kier alpha value is 0.580. The van der Waals surface area contributed by atoms with E-state index in [0.717, 1.165) is 18.3 Å². The summed E-state index contributed by atoms with van der Waals surface area (Å²) in [7, 11) is 0. The smallest absolute Gasteiger partial charge is 0.0474 e. The molecule has 0 amide bonds. The minimum Gasteiger partial charge on any atom is -0.125 e. The monoisotopic (exact) mass is 238 g/mol. The predicted octanol–water partition coefficient (Wildman–Crippen LogP) is 4.93. The number of alkyl halides is 2. The number of hydrogen-bond acceptors (Lipinski definition) is 0. The average molecular weight is 239 g/mol. The topological polar surface area (TPSA) is 0 Å². The van der Waals surface area contributed by atoms with Crippen LogP contribution in [0.4, 0.5) is 0 Å². The predicted molar refractivity (Wildman–Crippen MR) is 67.4 cm³/mol. The molecule has 0 aromatic heterocycles. The van der Waals surface area contributed by atoms with Crippen LogP contribution in [0.1, 0.15) is 47.0 Å². The highest BCUT2D eigenvalue weighted by Gasteiger charge is 2.13. The molecule has 0 fully saturated rings. The summed E-state index contributed by atoms with van der Waals surface area (Å²) >= 11 is 11.7. The van der Waals surface area contributed by atoms with E-state index in [9.17, 15) is 0 Å². The molecule has 3 atom stereocenters. The van der Waals surface area contributed by atoms with Crippen molar-refractivity contribution in [1.82, 2.24) is 0 Å². The summed E-state index contributed by atoms with van der Waals surface area (Å²) in [5.74, 6) is 2.89. The third kappa shape index (κ3) is 7.94. The first kappa shape index (κ1) is 14.6. The van der Waals surface area contributed by atoms with Crippen LogP contribution in [0.5, 0.6) is 0 Å². The molecular weight excluding hydrogens is 215 g/mol. The van der Waals surface area contributed by atoms with E-state index in [0.29, 0.717) is 11.8 Å². The van der Waals surface area contributed by atoms with Crippen LogP contribution < -0.4 is 0 Å². The van der Waals surface area contributed by atoms with Gasteiger partial charge in [0.25, 0.3) is 0 Å². The Labute approximate surface area is 99.4 Å². The van der Waals surface area contributed by atoms with Gasteiger partial charge in [0.15, 0.2) is 0 Å². The standard InChI is InChI=1S/C12H24Cl2/c1-9(2)5-10(3)6-11(4)7-12(14)8-13/h9-12H,5-8H2,1-4H3. The Morgan fingerprint density at radius 2 is 1.36 bits per heavy atom. The zero-order valence-electron chi connectivity index (χ0n) is 9.89. The molecule has 0 saturated carbocycles. The summed E-state index contributed by atoms with van der Waals surface area (Å²) in [6.45, 7) is 9.17. The normalized spacial score (nSPS) is 18.2. The molecule has 0 rings (SSSR count). The van der Waals surface area contributed by atoms with Gasteiger partial charge in [0.05, 0.1) is 0 Å². The van der Waals surface area contributed by atoms with Gasteiger partial charge < -0.3 is 0 Å². The van der Waals surface area contributed by atoms with Crippen molar-refractivity contribution in [2.75, 3.05) is 5.88 Å². The Kier molecular flexibility index (Phi) is 8.14. The number of hydrogen-bond donors (Lipinski definition) is 0. The second-order valence-corrected chi connectivity index (χ2v) is 5.99. The first-order chi connectivity index (χ1) is 6.45. The van der Waals surface area contributed by atoms with Crippen molar-refractivity contribution in [1.29, 1.82) is 0 Å². The van der Waals surface area contributed by atoms with Gasteiger partial charge in [0.1, 0.15) is 0 Å². The Bertz CT molecular complexity index is 134. The van der Waals surface area contributed by atoms with Gasteiger partial charge in [-0.3, -0.25) is 0 Å². The van der Waals surface area contributed by atoms with Crippen LogP contribution in [0.2, 0.25) is 0 Å². The molecular formula is C12H24Cl2. The summed E-state index contributed by atoms with van der Waals surface area (Å²) in [5, 5.41) is 0.151. The van der Waals surface area contributed by atoms with Crippen LogP contribution in [-0.4, -0.2) is 11.3 Å². The lowest BCUT2D eigenvalue weighted by Gasteiger charge is -2.20. The van der Waals surface area contributed by atoms with Crippen LogP contribution in [0.25, 0.3) is 0 Å². The van der Waals surface area contributed by atoms with Crippen LogP contribution in [-0.2, 0) is 0 Å². The molecule has 0 nitrogen and oxygen atoms in total. The van der Waals surface area contributed by atoms with Gasteiger partial charge in [-0.1, -0.05) is 27.7 Å². The first-order valence-corrected chi connectivity index (χ1v) is 6.62. The fourth-order valence-electron chi connectivity index (χ4n) is 2.18. The molecule has 0 aromatic rings. The van der Waals surface area contributed by atoms with E-state index >= 15 is 0 Å². The highest BCUT2D eigenvalue weighted by atomic mass is 35.5. The molecule has 0 aliphatic carbocycles. The van der Waals surface area contributed by atoms with Gasteiger partial charge in [-0.15, -0.1) is 23.2 Å². The molecule has 0 bridgehead atoms. The zero-order valence-corrected chi connectivity index (χ0v) is 11.4. The van der Waals surface area contributed by atoms with Gasteiger partial charge in [-0.25, -0.2) is 0 Å². The van der Waals surface area contributed by atoms with Crippen molar-refractivity contribution in [3.8, 4) is 0 Å². The van der Waals surface area contributed by atoms with E-state index in [1.54, 1.807) is 0 Å². The summed E-state index contributed by atoms with van der Waals surface area (Å²) in [6.07, 6.45) is 3.64. The second kappa shape index (κ2) is 7.82. The molecule has 0 N–H and O–H groups in total. The lowest BCUT2D eigenvalue weighted by Crippen LogP contribution is -2.11. The molecule has 3 unspecified atom stereocenters. The SMILES string of the molecule is CC(C)CC(C)CC(C)CC(Cl)CCl. The van der Waals surface area contributed by atoms with Gasteiger partial charge in [-0.05, 0) is 37.0 Å². The van der Waals surface area contributed by atoms with Crippen molar-refractivity contribution in [2.45, 2.75) is 52.3 Å². The van der Waals surface area contributed by atoms with Crippen LogP contribution in [0, 0.1) is 17.8 Å². The molecule has 0 aliphatic heterocycles. The Morgan fingerprint density at radius 3 is 1.79 bits per heavy atom. The molecule has 0 heterocycles. The summed E-state index contributed by atoms with van der Waals surface area (Å²) < 4.78 is 0. The maximum absolute atomic E-state index is 6.02. The lowest BCUT2D eigenvalue weighted by molar-refractivity contribution is 0.343. The molecule has 0 aliphatic rings. The van der Waals surface area contributed by atoms with Crippen LogP contribution in [0.15, 0.2) is 0 Å². The molecule has 14 heavy (non-hydrogen) atoms. The molecule has 0 aromatic carbocycles. The van der Waals surface area contributed by atoms with Gasteiger partial charge >= 0.3 is 0 Å². The van der Waals surface area contributed by atoms with Crippen molar-refractivity contribution in [3.05, 3.63) is 0 Å². The molecule has 86 valence electrons. The first-order valence-electron chi connectivity index (χ1n) is 5.65. The van der Waals surface area contributed by atoms with E-state index in [-0.39, 0.29) is 5.38 Å². The Morgan fingerprint density at radius 1 is 0.857 bits per heavy atom. The fraction of sp³-hybridized carbons (Fsp3) is 1.00. The second-order valence-electron chi connectivity index (χ2n) is 5.06. The average Bonchev–Trinajstić information content (AvgIpc) is 2.01. The molecule has 0 saturated heterocycles. The van der Waals surface area contributed by atoms with Crippen molar-refractivity contribution < 1.29 is 0 Å². The van der Waals surface area contributed by atoms with E-state index in [4.69, 9.17) is 23.2 Å². The maximum Gasteiger partial charge on any atom is 0.0474 e. The highest BCUT2D eigenvalue weighted by molar-refractivity contribution is 6.28. The van der Waals surface area contributed by atoms with Gasteiger partial charge in [-0.2, -0.15) is 0 Å². The van der Waals surface area contributed by atoms with E-state index in [1.165, 1.54) is 12.8 Å². The molecule has 0 spiro atoms. The largest absolute Gasteiger partial charge is 0.125 e. The third-order valence-electron chi connectivity index (χ3n) is 2.50.